The zero-order chi connectivity index (χ0) is 33.8. The smallest absolute Gasteiger partial charge is 0.449 e. The topological polar surface area (TPSA) is 115 Å². The first-order chi connectivity index (χ1) is 23.0. The van der Waals surface area contributed by atoms with Crippen LogP contribution in [0.15, 0.2) is 75.9 Å². The molecule has 0 aliphatic carbocycles. The largest absolute Gasteiger partial charge is 0.490 e. The fraction of sp³-hybridized carbons (Fsp3) is 0.265. The third-order valence-electron chi connectivity index (χ3n) is 7.95. The van der Waals surface area contributed by atoms with E-state index in [2.05, 4.69) is 15.2 Å². The van der Waals surface area contributed by atoms with Gasteiger partial charge in [-0.3, -0.25) is 9.59 Å². The van der Waals surface area contributed by atoms with Crippen LogP contribution in [0.1, 0.15) is 34.4 Å². The van der Waals surface area contributed by atoms with Gasteiger partial charge in [0.05, 0.1) is 22.7 Å². The fourth-order valence-electron chi connectivity index (χ4n) is 5.51. The van der Waals surface area contributed by atoms with Crippen LogP contribution >= 0.6 is 22.7 Å². The minimum absolute atomic E-state index is 0.164. The Labute approximate surface area is 281 Å². The van der Waals surface area contributed by atoms with E-state index in [1.165, 1.54) is 0 Å². The van der Waals surface area contributed by atoms with Gasteiger partial charge in [0.15, 0.2) is 6.61 Å². The van der Waals surface area contributed by atoms with E-state index < -0.39 is 24.7 Å². The van der Waals surface area contributed by atoms with E-state index in [1.807, 2.05) is 59.0 Å². The first kappa shape index (κ1) is 33.1. The lowest BCUT2D eigenvalue weighted by atomic mass is 9.97. The van der Waals surface area contributed by atoms with Crippen molar-refractivity contribution in [3.63, 3.8) is 0 Å². The number of rotatable bonds is 9. The highest BCUT2D eigenvalue weighted by molar-refractivity contribution is 7.10. The molecule has 3 aromatic heterocycles. The van der Waals surface area contributed by atoms with Crippen LogP contribution in [0.3, 0.4) is 0 Å². The number of aryl methyl sites for hydroxylation is 1. The van der Waals surface area contributed by atoms with Crippen molar-refractivity contribution in [3.8, 4) is 33.6 Å². The maximum absolute atomic E-state index is 12.8. The number of halogens is 3. The van der Waals surface area contributed by atoms with Crippen molar-refractivity contribution in [3.05, 3.63) is 87.1 Å². The Morgan fingerprint density at radius 1 is 1.00 bits per heavy atom. The molecule has 2 amide bonds. The molecule has 0 saturated carbocycles. The molecule has 14 heteroatoms. The molecule has 1 fully saturated rings. The number of nitrogens with zero attached hydrogens (tertiary/aromatic N) is 3. The number of piperidine rings is 1. The average molecular weight is 695 g/mol. The van der Waals surface area contributed by atoms with Gasteiger partial charge < -0.3 is 19.5 Å². The Morgan fingerprint density at radius 2 is 1.75 bits per heavy atom. The van der Waals surface area contributed by atoms with Crippen LogP contribution in [0.2, 0.25) is 0 Å². The van der Waals surface area contributed by atoms with Crippen molar-refractivity contribution in [1.82, 2.24) is 15.0 Å². The number of alkyl halides is 3. The summed E-state index contributed by atoms with van der Waals surface area (Å²) in [4.78, 5) is 43.6. The summed E-state index contributed by atoms with van der Waals surface area (Å²) in [7, 11) is 0. The first-order valence-electron chi connectivity index (χ1n) is 15.0. The highest BCUT2D eigenvalue weighted by atomic mass is 32.1. The number of likely N-dealkylation sites (tertiary alicyclic amines) is 1. The molecule has 0 unspecified atom stereocenters. The number of benzene rings is 2. The van der Waals surface area contributed by atoms with Gasteiger partial charge in [-0.05, 0) is 60.5 Å². The molecule has 1 aliphatic heterocycles. The molecule has 1 saturated heterocycles. The summed E-state index contributed by atoms with van der Waals surface area (Å²) in [5.41, 5.74) is 5.06. The van der Waals surface area contributed by atoms with Crippen LogP contribution in [0.25, 0.3) is 33.6 Å². The molecule has 6 rings (SSSR count). The lowest BCUT2D eigenvalue weighted by Gasteiger charge is -2.31. The van der Waals surface area contributed by atoms with Gasteiger partial charge in [0, 0.05) is 40.5 Å². The summed E-state index contributed by atoms with van der Waals surface area (Å²) in [6.07, 6.45) is -3.01. The minimum atomic E-state index is -5.17. The molecule has 5 aromatic rings. The molecule has 0 radical (unpaired) electrons. The number of hydrogen-bond donors (Lipinski definition) is 1. The normalized spacial score (nSPS) is 13.8. The lowest BCUT2D eigenvalue weighted by Crippen LogP contribution is -2.38. The van der Waals surface area contributed by atoms with Crippen molar-refractivity contribution >= 4 is 46.1 Å². The van der Waals surface area contributed by atoms with Gasteiger partial charge >= 0.3 is 12.1 Å². The number of thiophene rings is 1. The maximum Gasteiger partial charge on any atom is 0.490 e. The van der Waals surface area contributed by atoms with E-state index in [0.717, 1.165) is 50.7 Å². The lowest BCUT2D eigenvalue weighted by molar-refractivity contribution is -0.199. The summed E-state index contributed by atoms with van der Waals surface area (Å²) in [5.74, 6) is -2.25. The molecule has 2 aromatic carbocycles. The molecule has 48 heavy (non-hydrogen) atoms. The maximum atomic E-state index is 12.8. The molecular weight excluding hydrogens is 666 g/mol. The standard InChI is InChI=1S/C34H29F3N4O5S2/c1-20-30(27-19-48-32(39-27)22-11-13-41(14-12-22)29(43)17-26-6-3-15-47-26)31(40-46-20)24-5-2-4-23(16-24)21-7-9-25(10-8-21)38-28(42)18-45-33(44)34(35,36)37/h2-10,15-16,19,22H,11-14,17-18H2,1H3,(H,38,42). The molecule has 1 aliphatic rings. The van der Waals surface area contributed by atoms with Crippen LogP contribution in [0.5, 0.6) is 0 Å². The molecular formula is C34H29F3N4O5S2. The zero-order valence-electron chi connectivity index (χ0n) is 25.6. The third-order valence-corrected chi connectivity index (χ3v) is 9.83. The Hall–Kier alpha value is -4.82. The summed E-state index contributed by atoms with van der Waals surface area (Å²) in [6.45, 7) is 2.21. The van der Waals surface area contributed by atoms with Crippen molar-refractivity contribution < 1.29 is 36.8 Å². The molecule has 0 atom stereocenters. The second-order valence-corrected chi connectivity index (χ2v) is 13.1. The summed E-state index contributed by atoms with van der Waals surface area (Å²) < 4.78 is 46.5. The van der Waals surface area contributed by atoms with Gasteiger partial charge in [0.1, 0.15) is 11.5 Å². The van der Waals surface area contributed by atoms with E-state index in [4.69, 9.17) is 9.51 Å². The number of anilines is 1. The zero-order valence-corrected chi connectivity index (χ0v) is 27.2. The van der Waals surface area contributed by atoms with E-state index in [1.54, 1.807) is 46.9 Å². The quantitative estimate of drug-likeness (QED) is 0.159. The van der Waals surface area contributed by atoms with Crippen LogP contribution in [-0.4, -0.2) is 58.7 Å². The van der Waals surface area contributed by atoms with E-state index in [0.29, 0.717) is 36.7 Å². The highest BCUT2D eigenvalue weighted by Crippen LogP contribution is 2.39. The number of ether oxygens (including phenoxy) is 1. The highest BCUT2D eigenvalue weighted by Gasteiger charge is 2.41. The predicted molar refractivity (Wildman–Crippen MR) is 175 cm³/mol. The van der Waals surface area contributed by atoms with Crippen LogP contribution in [0, 0.1) is 6.92 Å². The fourth-order valence-corrected chi connectivity index (χ4v) is 7.19. The SMILES string of the molecule is Cc1onc(-c2cccc(-c3ccc(NC(=O)COC(=O)C(F)(F)F)cc3)c2)c1-c1csc(C2CCN(C(=O)Cc3cccs3)CC2)n1. The van der Waals surface area contributed by atoms with Gasteiger partial charge in [-0.15, -0.1) is 22.7 Å². The van der Waals surface area contributed by atoms with Crippen molar-refractivity contribution in [1.29, 1.82) is 0 Å². The van der Waals surface area contributed by atoms with Crippen molar-refractivity contribution in [2.45, 2.75) is 38.3 Å². The number of esters is 1. The number of thiazole rings is 1. The van der Waals surface area contributed by atoms with Crippen LogP contribution in [-0.2, 0) is 25.5 Å². The number of nitrogens with one attached hydrogen (secondary N) is 1. The number of carbonyl (C=O) groups is 3. The Balaban J connectivity index is 1.11. The minimum Gasteiger partial charge on any atom is -0.449 e. The number of aromatic nitrogens is 2. The molecule has 0 bridgehead atoms. The second-order valence-electron chi connectivity index (χ2n) is 11.2. The second kappa shape index (κ2) is 14.1. The van der Waals surface area contributed by atoms with Gasteiger partial charge in [-0.1, -0.05) is 41.6 Å². The molecule has 9 nitrogen and oxygen atoms in total. The van der Waals surface area contributed by atoms with Crippen molar-refractivity contribution in [2.75, 3.05) is 25.0 Å². The Morgan fingerprint density at radius 3 is 2.46 bits per heavy atom. The average Bonchev–Trinajstić information content (AvgIpc) is 3.85. The summed E-state index contributed by atoms with van der Waals surface area (Å²) in [5, 5.41) is 11.8. The van der Waals surface area contributed by atoms with E-state index in [-0.39, 0.29) is 11.8 Å². The van der Waals surface area contributed by atoms with E-state index >= 15 is 0 Å². The summed E-state index contributed by atoms with van der Waals surface area (Å²) in [6, 6.07) is 18.3. The van der Waals surface area contributed by atoms with Gasteiger partial charge in [-0.2, -0.15) is 13.2 Å². The van der Waals surface area contributed by atoms with Gasteiger partial charge in [-0.25, -0.2) is 9.78 Å². The number of amides is 2. The Kier molecular flexibility index (Phi) is 9.73. The monoisotopic (exact) mass is 694 g/mol. The number of carbonyl (C=O) groups excluding carboxylic acids is 3. The van der Waals surface area contributed by atoms with Crippen molar-refractivity contribution in [2.24, 2.45) is 0 Å². The first-order valence-corrected chi connectivity index (χ1v) is 16.8. The molecule has 0 spiro atoms. The van der Waals surface area contributed by atoms with Crippen LogP contribution < -0.4 is 5.32 Å². The predicted octanol–water partition coefficient (Wildman–Crippen LogP) is 7.49. The molecule has 1 N–H and O–H groups in total. The Bertz CT molecular complexity index is 1910. The van der Waals surface area contributed by atoms with Gasteiger partial charge in [0.2, 0.25) is 5.91 Å². The molecule has 4 heterocycles. The van der Waals surface area contributed by atoms with Gasteiger partial charge in [0.25, 0.3) is 5.91 Å². The summed E-state index contributed by atoms with van der Waals surface area (Å²) >= 11 is 3.21. The third kappa shape index (κ3) is 7.66. The van der Waals surface area contributed by atoms with Crippen LogP contribution in [0.4, 0.5) is 18.9 Å². The van der Waals surface area contributed by atoms with E-state index in [9.17, 15) is 27.6 Å². The number of hydrogen-bond acceptors (Lipinski definition) is 9. The molecule has 248 valence electrons.